The zero-order valence-corrected chi connectivity index (χ0v) is 23.5. The van der Waals surface area contributed by atoms with Crippen LogP contribution in [0.5, 0.6) is 0 Å². The van der Waals surface area contributed by atoms with Crippen LogP contribution in [0.25, 0.3) is 0 Å². The molecule has 1 aromatic heterocycles. The van der Waals surface area contributed by atoms with E-state index in [2.05, 4.69) is 9.88 Å². The van der Waals surface area contributed by atoms with Gasteiger partial charge in [0, 0.05) is 60.9 Å². The molecule has 2 heterocycles. The van der Waals surface area contributed by atoms with Crippen LogP contribution in [0.15, 0.2) is 78.2 Å². The smallest absolute Gasteiger partial charge is 0.368 e. The highest BCUT2D eigenvalue weighted by Crippen LogP contribution is 2.30. The van der Waals surface area contributed by atoms with E-state index in [0.29, 0.717) is 53.0 Å². The number of aromatic nitrogens is 1. The quantitative estimate of drug-likeness (QED) is 0.201. The molecule has 0 unspecified atom stereocenters. The molecule has 1 amide bonds. The number of alkyl halides is 3. The van der Waals surface area contributed by atoms with Gasteiger partial charge in [0.1, 0.15) is 16.5 Å². The van der Waals surface area contributed by atoms with Crippen molar-refractivity contribution in [1.29, 1.82) is 0 Å². The number of amides is 1. The highest BCUT2D eigenvalue weighted by atomic mass is 35.5. The zero-order chi connectivity index (χ0) is 29.0. The Bertz CT molecular complexity index is 1500. The lowest BCUT2D eigenvalue weighted by Gasteiger charge is -2.35. The van der Waals surface area contributed by atoms with Gasteiger partial charge in [0.2, 0.25) is 0 Å². The highest BCUT2D eigenvalue weighted by molar-refractivity contribution is 7.09. The number of hydrogen-bond donors (Lipinski definition) is 0. The molecule has 3 aromatic carbocycles. The van der Waals surface area contributed by atoms with Crippen LogP contribution in [0.2, 0.25) is 5.02 Å². The van der Waals surface area contributed by atoms with E-state index in [4.69, 9.17) is 11.6 Å². The van der Waals surface area contributed by atoms with E-state index >= 15 is 0 Å². The largest absolute Gasteiger partial charge is 0.416 e. The molecule has 1 aliphatic heterocycles. The van der Waals surface area contributed by atoms with Gasteiger partial charge in [0.15, 0.2) is 0 Å². The highest BCUT2D eigenvalue weighted by Gasteiger charge is 2.30. The molecule has 4 aromatic rings. The predicted molar refractivity (Wildman–Crippen MR) is 152 cm³/mol. The number of rotatable bonds is 8. The lowest BCUT2D eigenvalue weighted by molar-refractivity contribution is -0.137. The number of piperazine rings is 1. The second-order valence-electron chi connectivity index (χ2n) is 9.82. The van der Waals surface area contributed by atoms with Crippen molar-refractivity contribution in [2.45, 2.75) is 25.8 Å². The average molecular weight is 603 g/mol. The fourth-order valence-electron chi connectivity index (χ4n) is 4.82. The van der Waals surface area contributed by atoms with Gasteiger partial charge in [-0.15, -0.1) is 11.3 Å². The van der Waals surface area contributed by atoms with Crippen molar-refractivity contribution >= 4 is 34.5 Å². The van der Waals surface area contributed by atoms with Gasteiger partial charge in [0.05, 0.1) is 12.1 Å². The van der Waals surface area contributed by atoms with Gasteiger partial charge in [-0.1, -0.05) is 54.1 Å². The molecule has 0 N–H and O–H groups in total. The van der Waals surface area contributed by atoms with Crippen LogP contribution >= 0.6 is 22.9 Å². The maximum atomic E-state index is 14.5. The Labute approximate surface area is 244 Å². The molecule has 5 nitrogen and oxygen atoms in total. The topological polar surface area (TPSA) is 39.7 Å². The molecule has 1 saturated heterocycles. The monoisotopic (exact) mass is 602 g/mol. The van der Waals surface area contributed by atoms with Gasteiger partial charge < -0.3 is 9.80 Å². The van der Waals surface area contributed by atoms with Crippen LogP contribution in [0.1, 0.15) is 32.2 Å². The number of nitrogens with zero attached hydrogens (tertiary/aromatic N) is 4. The Morgan fingerprint density at radius 1 is 0.927 bits per heavy atom. The molecule has 11 heteroatoms. The molecule has 5 rings (SSSR count). The third kappa shape index (κ3) is 7.44. The van der Waals surface area contributed by atoms with Crippen molar-refractivity contribution in [1.82, 2.24) is 14.8 Å². The maximum absolute atomic E-state index is 14.5. The van der Waals surface area contributed by atoms with Crippen LogP contribution in [-0.4, -0.2) is 46.9 Å². The first-order chi connectivity index (χ1) is 19.7. The van der Waals surface area contributed by atoms with Crippen molar-refractivity contribution < 1.29 is 22.4 Å². The van der Waals surface area contributed by atoms with Crippen molar-refractivity contribution in [3.63, 3.8) is 0 Å². The SMILES string of the molecule is O=C(c1csc(CN(Cc2cccc(C(F)(F)F)c2)Cc2ccccc2F)n1)N1CCN(c2cccc(Cl)c2)CC1. The molecule has 1 aliphatic rings. The molecule has 214 valence electrons. The van der Waals surface area contributed by atoms with Crippen LogP contribution < -0.4 is 4.90 Å². The molecule has 0 radical (unpaired) electrons. The van der Waals surface area contributed by atoms with E-state index in [1.807, 2.05) is 29.2 Å². The maximum Gasteiger partial charge on any atom is 0.416 e. The minimum Gasteiger partial charge on any atom is -0.368 e. The summed E-state index contributed by atoms with van der Waals surface area (Å²) in [4.78, 5) is 23.5. The van der Waals surface area contributed by atoms with E-state index in [9.17, 15) is 22.4 Å². The Morgan fingerprint density at radius 2 is 1.68 bits per heavy atom. The second kappa shape index (κ2) is 12.6. The third-order valence-electron chi connectivity index (χ3n) is 6.88. The van der Waals surface area contributed by atoms with Gasteiger partial charge in [-0.3, -0.25) is 9.69 Å². The summed E-state index contributed by atoms with van der Waals surface area (Å²) in [7, 11) is 0. The summed E-state index contributed by atoms with van der Waals surface area (Å²) in [6.45, 7) is 2.95. The first-order valence-electron chi connectivity index (χ1n) is 13.0. The molecule has 0 atom stereocenters. The van der Waals surface area contributed by atoms with Crippen molar-refractivity contribution in [2.24, 2.45) is 0 Å². The average Bonchev–Trinajstić information content (AvgIpc) is 3.42. The van der Waals surface area contributed by atoms with Crippen molar-refractivity contribution in [3.8, 4) is 0 Å². The second-order valence-corrected chi connectivity index (χ2v) is 11.2. The Kier molecular flexibility index (Phi) is 8.91. The normalized spacial score (nSPS) is 14.1. The summed E-state index contributed by atoms with van der Waals surface area (Å²) in [5.41, 5.74) is 1.47. The van der Waals surface area contributed by atoms with Crippen molar-refractivity contribution in [2.75, 3.05) is 31.1 Å². The molecule has 41 heavy (non-hydrogen) atoms. The zero-order valence-electron chi connectivity index (χ0n) is 22.0. The summed E-state index contributed by atoms with van der Waals surface area (Å²) < 4.78 is 54.3. The number of thiazole rings is 1. The van der Waals surface area contributed by atoms with E-state index in [1.165, 1.54) is 23.5 Å². The molecule has 0 spiro atoms. The van der Waals surface area contributed by atoms with Crippen LogP contribution in [0, 0.1) is 5.82 Å². The first-order valence-corrected chi connectivity index (χ1v) is 14.3. The number of carbonyl (C=O) groups is 1. The molecule has 0 aliphatic carbocycles. The predicted octanol–water partition coefficient (Wildman–Crippen LogP) is 7.12. The number of halogens is 5. The standard InChI is InChI=1S/C30H27ClF4N4OS/c31-24-8-4-9-25(16-24)38-11-13-39(14-12-38)29(40)27-20-41-28(36-27)19-37(18-22-6-1-2-10-26(22)32)17-21-5-3-7-23(15-21)30(33,34)35/h1-10,15-16,20H,11-14,17-19H2. The van der Waals surface area contributed by atoms with Crippen LogP contribution in [0.4, 0.5) is 23.2 Å². The molecular weight excluding hydrogens is 576 g/mol. The number of hydrogen-bond acceptors (Lipinski definition) is 5. The van der Waals surface area contributed by atoms with Gasteiger partial charge in [-0.25, -0.2) is 9.37 Å². The summed E-state index contributed by atoms with van der Waals surface area (Å²) in [6.07, 6.45) is -4.46. The van der Waals surface area contributed by atoms with Gasteiger partial charge in [0.25, 0.3) is 5.91 Å². The summed E-state index contributed by atoms with van der Waals surface area (Å²) in [5, 5.41) is 2.98. The van der Waals surface area contributed by atoms with E-state index < -0.39 is 17.6 Å². The summed E-state index contributed by atoms with van der Waals surface area (Å²) in [5.74, 6) is -0.565. The molecule has 0 saturated carbocycles. The van der Waals surface area contributed by atoms with Crippen molar-refractivity contribution in [3.05, 3.63) is 116 Å². The van der Waals surface area contributed by atoms with Gasteiger partial charge >= 0.3 is 6.18 Å². The molecular formula is C30H27ClF4N4OS. The summed E-state index contributed by atoms with van der Waals surface area (Å²) >= 11 is 7.42. The first kappa shape index (κ1) is 29.0. The van der Waals surface area contributed by atoms with Crippen LogP contribution in [-0.2, 0) is 25.8 Å². The van der Waals surface area contributed by atoms with E-state index in [-0.39, 0.29) is 25.5 Å². The van der Waals surface area contributed by atoms with Gasteiger partial charge in [-0.2, -0.15) is 13.2 Å². The fraction of sp³-hybridized carbons (Fsp3) is 0.267. The molecule has 0 bridgehead atoms. The Hall–Kier alpha value is -3.47. The molecule has 1 fully saturated rings. The van der Waals surface area contributed by atoms with Gasteiger partial charge in [-0.05, 0) is 35.9 Å². The summed E-state index contributed by atoms with van der Waals surface area (Å²) in [6, 6.07) is 19.0. The third-order valence-corrected chi connectivity index (χ3v) is 7.95. The fourth-order valence-corrected chi connectivity index (χ4v) is 5.81. The van der Waals surface area contributed by atoms with E-state index in [0.717, 1.165) is 17.8 Å². The van der Waals surface area contributed by atoms with E-state index in [1.54, 1.807) is 34.5 Å². The minimum atomic E-state index is -4.46. The lowest BCUT2D eigenvalue weighted by atomic mass is 10.1. The number of anilines is 1. The lowest BCUT2D eigenvalue weighted by Crippen LogP contribution is -2.48. The number of benzene rings is 3. The minimum absolute atomic E-state index is 0.145. The Morgan fingerprint density at radius 3 is 2.41 bits per heavy atom. The Balaban J connectivity index is 1.27. The van der Waals surface area contributed by atoms with Crippen LogP contribution in [0.3, 0.4) is 0 Å². The number of carbonyl (C=O) groups excluding carboxylic acids is 1.